The molecule has 1 aromatic rings. The maximum atomic E-state index is 12.0. The third-order valence-corrected chi connectivity index (χ3v) is 3.62. The van der Waals surface area contributed by atoms with E-state index in [1.807, 2.05) is 29.2 Å². The van der Waals surface area contributed by atoms with Crippen molar-refractivity contribution in [1.29, 1.82) is 0 Å². The molecule has 2 amide bonds. The Bertz CT molecular complexity index is 436. The molecule has 0 saturated carbocycles. The van der Waals surface area contributed by atoms with Crippen LogP contribution in [0.15, 0.2) is 24.3 Å². The van der Waals surface area contributed by atoms with Crippen LogP contribution in [0.1, 0.15) is 6.42 Å². The van der Waals surface area contributed by atoms with E-state index < -0.39 is 0 Å². The Morgan fingerprint density at radius 1 is 1.24 bits per heavy atom. The molecule has 2 heterocycles. The molecule has 17 heavy (non-hydrogen) atoms. The molecule has 1 atom stereocenters. The maximum absolute atomic E-state index is 12.0. The summed E-state index contributed by atoms with van der Waals surface area (Å²) in [7, 11) is 0. The molecule has 2 fully saturated rings. The maximum Gasteiger partial charge on any atom is 0.322 e. The Kier molecular flexibility index (Phi) is 2.22. The fourth-order valence-corrected chi connectivity index (χ4v) is 2.70. The van der Waals surface area contributed by atoms with Gasteiger partial charge in [-0.25, -0.2) is 4.79 Å². The molecule has 0 aromatic heterocycles. The smallest absolute Gasteiger partial charge is 0.322 e. The molecule has 2 aliphatic rings. The second-order valence-electron chi connectivity index (χ2n) is 4.74. The first kappa shape index (κ1) is 10.4. The summed E-state index contributed by atoms with van der Waals surface area (Å²) < 4.78 is 0. The van der Waals surface area contributed by atoms with Crippen molar-refractivity contribution in [2.45, 2.75) is 12.0 Å². The lowest BCUT2D eigenvalue weighted by molar-refractivity contribution is 0.251. The molecular weight excluding hydrogens is 216 g/mol. The Morgan fingerprint density at radius 3 is 2.65 bits per heavy atom. The highest BCUT2D eigenvalue weighted by atomic mass is 16.2. The van der Waals surface area contributed by atoms with Gasteiger partial charge in [-0.15, -0.1) is 0 Å². The zero-order valence-corrected chi connectivity index (χ0v) is 9.57. The van der Waals surface area contributed by atoms with Gasteiger partial charge in [-0.05, 0) is 37.2 Å². The second kappa shape index (κ2) is 3.63. The van der Waals surface area contributed by atoms with Crippen LogP contribution < -0.4 is 21.3 Å². The lowest BCUT2D eigenvalue weighted by Crippen LogP contribution is -2.49. The second-order valence-corrected chi connectivity index (χ2v) is 4.74. The minimum Gasteiger partial charge on any atom is -0.399 e. The molecule has 1 aromatic carbocycles. The predicted molar refractivity (Wildman–Crippen MR) is 66.9 cm³/mol. The number of amides is 2. The highest BCUT2D eigenvalue weighted by molar-refractivity contribution is 5.96. The van der Waals surface area contributed by atoms with E-state index in [1.165, 1.54) is 0 Å². The normalized spacial score (nSPS) is 27.8. The standard InChI is InChI=1S/C12H16N4O/c13-9-1-3-10(4-2-9)16-11(17)15-8-12(16)5-6-14-7-12/h1-4,14H,5-8,13H2,(H,15,17). The summed E-state index contributed by atoms with van der Waals surface area (Å²) >= 11 is 0. The molecule has 0 radical (unpaired) electrons. The SMILES string of the molecule is Nc1ccc(N2C(=O)NCC23CCNC3)cc1. The van der Waals surface area contributed by atoms with Crippen molar-refractivity contribution in [1.82, 2.24) is 10.6 Å². The quantitative estimate of drug-likeness (QED) is 0.619. The average molecular weight is 232 g/mol. The third kappa shape index (κ3) is 1.54. The zero-order chi connectivity index (χ0) is 11.9. The first-order valence-corrected chi connectivity index (χ1v) is 5.86. The molecule has 0 bridgehead atoms. The van der Waals surface area contributed by atoms with Crippen LogP contribution in [0.5, 0.6) is 0 Å². The van der Waals surface area contributed by atoms with Gasteiger partial charge in [-0.1, -0.05) is 0 Å². The number of carbonyl (C=O) groups is 1. The minimum absolute atomic E-state index is 0.0153. The van der Waals surface area contributed by atoms with E-state index in [0.29, 0.717) is 12.2 Å². The van der Waals surface area contributed by atoms with Crippen molar-refractivity contribution >= 4 is 17.4 Å². The number of benzene rings is 1. The summed E-state index contributed by atoms with van der Waals surface area (Å²) in [6, 6.07) is 7.45. The summed E-state index contributed by atoms with van der Waals surface area (Å²) in [6.07, 6.45) is 0.982. The largest absolute Gasteiger partial charge is 0.399 e. The highest BCUT2D eigenvalue weighted by Gasteiger charge is 2.47. The molecule has 90 valence electrons. The van der Waals surface area contributed by atoms with Crippen molar-refractivity contribution < 1.29 is 4.79 Å². The molecule has 2 saturated heterocycles. The molecule has 1 unspecified atom stereocenters. The van der Waals surface area contributed by atoms with Crippen LogP contribution in [-0.4, -0.2) is 31.2 Å². The fourth-order valence-electron chi connectivity index (χ4n) is 2.70. The lowest BCUT2D eigenvalue weighted by atomic mass is 9.97. The molecule has 3 rings (SSSR count). The van der Waals surface area contributed by atoms with Gasteiger partial charge in [0.15, 0.2) is 0 Å². The van der Waals surface area contributed by atoms with Crippen molar-refractivity contribution in [2.24, 2.45) is 0 Å². The van der Waals surface area contributed by atoms with E-state index in [9.17, 15) is 4.79 Å². The summed E-state index contributed by atoms with van der Waals surface area (Å²) in [5.74, 6) is 0. The van der Waals surface area contributed by atoms with Gasteiger partial charge in [0, 0.05) is 24.5 Å². The summed E-state index contributed by atoms with van der Waals surface area (Å²) in [6.45, 7) is 2.51. The number of nitrogens with zero attached hydrogens (tertiary/aromatic N) is 1. The van der Waals surface area contributed by atoms with Crippen LogP contribution in [0.3, 0.4) is 0 Å². The third-order valence-electron chi connectivity index (χ3n) is 3.62. The Balaban J connectivity index is 1.98. The van der Waals surface area contributed by atoms with Gasteiger partial charge in [0.2, 0.25) is 0 Å². The molecule has 0 aliphatic carbocycles. The topological polar surface area (TPSA) is 70.4 Å². The number of urea groups is 1. The number of carbonyl (C=O) groups excluding carboxylic acids is 1. The molecule has 5 heteroatoms. The molecule has 2 aliphatic heterocycles. The van der Waals surface area contributed by atoms with E-state index in [0.717, 1.165) is 25.2 Å². The zero-order valence-electron chi connectivity index (χ0n) is 9.57. The number of hydrogen-bond acceptors (Lipinski definition) is 3. The highest BCUT2D eigenvalue weighted by Crippen LogP contribution is 2.32. The van der Waals surface area contributed by atoms with Gasteiger partial charge in [0.05, 0.1) is 5.54 Å². The van der Waals surface area contributed by atoms with Crippen LogP contribution >= 0.6 is 0 Å². The van der Waals surface area contributed by atoms with Gasteiger partial charge in [-0.3, -0.25) is 4.90 Å². The summed E-state index contributed by atoms with van der Waals surface area (Å²) in [5, 5.41) is 6.26. The van der Waals surface area contributed by atoms with E-state index in [1.54, 1.807) is 0 Å². The molecule has 5 nitrogen and oxygen atoms in total. The van der Waals surface area contributed by atoms with Crippen LogP contribution in [0.2, 0.25) is 0 Å². The summed E-state index contributed by atoms with van der Waals surface area (Å²) in [4.78, 5) is 13.8. The number of hydrogen-bond donors (Lipinski definition) is 3. The van der Waals surface area contributed by atoms with Gasteiger partial charge >= 0.3 is 6.03 Å². The van der Waals surface area contributed by atoms with Gasteiger partial charge in [0.25, 0.3) is 0 Å². The predicted octanol–water partition coefficient (Wildman–Crippen LogP) is 0.530. The van der Waals surface area contributed by atoms with Gasteiger partial charge in [0.1, 0.15) is 0 Å². The van der Waals surface area contributed by atoms with Crippen LogP contribution in [0.4, 0.5) is 16.2 Å². The van der Waals surface area contributed by atoms with Crippen molar-refractivity contribution in [3.8, 4) is 0 Å². The van der Waals surface area contributed by atoms with E-state index in [2.05, 4.69) is 10.6 Å². The van der Waals surface area contributed by atoms with E-state index in [-0.39, 0.29) is 11.6 Å². The van der Waals surface area contributed by atoms with Crippen LogP contribution in [-0.2, 0) is 0 Å². The Hall–Kier alpha value is -1.75. The fraction of sp³-hybridized carbons (Fsp3) is 0.417. The number of nitrogens with two attached hydrogens (primary N) is 1. The Labute approximate surface area is 100.0 Å². The summed E-state index contributed by atoms with van der Waals surface area (Å²) in [5.41, 5.74) is 7.20. The van der Waals surface area contributed by atoms with Gasteiger partial charge < -0.3 is 16.4 Å². The number of nitrogen functional groups attached to an aromatic ring is 1. The number of nitrogens with one attached hydrogen (secondary N) is 2. The number of anilines is 2. The monoisotopic (exact) mass is 232 g/mol. The van der Waals surface area contributed by atoms with Crippen molar-refractivity contribution in [3.05, 3.63) is 24.3 Å². The minimum atomic E-state index is -0.104. The van der Waals surface area contributed by atoms with Crippen LogP contribution in [0.25, 0.3) is 0 Å². The molecular formula is C12H16N4O. The molecule has 1 spiro atoms. The average Bonchev–Trinajstić information content (AvgIpc) is 2.91. The first-order valence-electron chi connectivity index (χ1n) is 5.86. The molecule has 4 N–H and O–H groups in total. The van der Waals surface area contributed by atoms with Crippen molar-refractivity contribution in [3.63, 3.8) is 0 Å². The van der Waals surface area contributed by atoms with E-state index >= 15 is 0 Å². The number of rotatable bonds is 1. The van der Waals surface area contributed by atoms with Gasteiger partial charge in [-0.2, -0.15) is 0 Å². The van der Waals surface area contributed by atoms with Crippen LogP contribution in [0, 0.1) is 0 Å². The van der Waals surface area contributed by atoms with Crippen molar-refractivity contribution in [2.75, 3.05) is 30.3 Å². The first-order chi connectivity index (χ1) is 8.21. The lowest BCUT2D eigenvalue weighted by Gasteiger charge is -2.32. The van der Waals surface area contributed by atoms with E-state index in [4.69, 9.17) is 5.73 Å². The Morgan fingerprint density at radius 2 is 2.00 bits per heavy atom.